The zero-order chi connectivity index (χ0) is 10.4. The average molecular weight is 213 g/mol. The highest BCUT2D eigenvalue weighted by Gasteiger charge is 1.98. The van der Waals surface area contributed by atoms with Gasteiger partial charge in [-0.2, -0.15) is 0 Å². The molecule has 0 aromatic carbocycles. The van der Waals surface area contributed by atoms with Gasteiger partial charge >= 0.3 is 0 Å². The average Bonchev–Trinajstić information content (AvgIpc) is 2.22. The van der Waals surface area contributed by atoms with E-state index in [9.17, 15) is 0 Å². The van der Waals surface area contributed by atoms with Crippen LogP contribution in [0.1, 0.15) is 13.8 Å². The fraction of sp³-hybridized carbons (Fsp3) is 0.444. The first kappa shape index (κ1) is 10.9. The summed E-state index contributed by atoms with van der Waals surface area (Å²) in [5, 5.41) is 10.2. The van der Waals surface area contributed by atoms with E-state index in [2.05, 4.69) is 15.3 Å². The first-order chi connectivity index (χ1) is 6.77. The van der Waals surface area contributed by atoms with Gasteiger partial charge in [-0.25, -0.2) is 4.98 Å². The zero-order valence-electron chi connectivity index (χ0n) is 8.31. The standard InChI is InChI=1S/C9H13ClN4/c1-3-14(4-2)13-12-8-6-5-7-11-9(8)10/h5-7H,3-4H2,1-2H3. The van der Waals surface area contributed by atoms with Crippen molar-refractivity contribution in [1.29, 1.82) is 0 Å². The smallest absolute Gasteiger partial charge is 0.156 e. The number of halogens is 1. The molecule has 0 fully saturated rings. The molecule has 0 aliphatic carbocycles. The van der Waals surface area contributed by atoms with E-state index in [4.69, 9.17) is 11.6 Å². The molecule has 76 valence electrons. The van der Waals surface area contributed by atoms with Crippen molar-refractivity contribution in [2.24, 2.45) is 10.3 Å². The molecule has 0 N–H and O–H groups in total. The largest absolute Gasteiger partial charge is 0.279 e. The molecule has 1 heterocycles. The van der Waals surface area contributed by atoms with Gasteiger partial charge in [-0.1, -0.05) is 16.8 Å². The summed E-state index contributed by atoms with van der Waals surface area (Å²) in [7, 11) is 0. The Balaban J connectivity index is 2.72. The van der Waals surface area contributed by atoms with E-state index < -0.39 is 0 Å². The second-order valence-corrected chi connectivity index (χ2v) is 3.00. The number of nitrogens with zero attached hydrogens (tertiary/aromatic N) is 4. The Morgan fingerprint density at radius 3 is 2.71 bits per heavy atom. The maximum atomic E-state index is 5.81. The Hall–Kier alpha value is -1.16. The Morgan fingerprint density at radius 1 is 1.43 bits per heavy atom. The molecule has 0 bridgehead atoms. The van der Waals surface area contributed by atoms with Gasteiger partial charge in [0.2, 0.25) is 0 Å². The minimum Gasteiger partial charge on any atom is -0.279 e. The minimum absolute atomic E-state index is 0.378. The Bertz CT molecular complexity index is 309. The lowest BCUT2D eigenvalue weighted by molar-refractivity contribution is 0.300. The lowest BCUT2D eigenvalue weighted by atomic mass is 10.4. The van der Waals surface area contributed by atoms with E-state index in [1.54, 1.807) is 18.3 Å². The number of aromatic nitrogens is 1. The summed E-state index contributed by atoms with van der Waals surface area (Å²) in [5.74, 6) is 0. The minimum atomic E-state index is 0.378. The van der Waals surface area contributed by atoms with E-state index >= 15 is 0 Å². The van der Waals surface area contributed by atoms with Gasteiger partial charge in [-0.3, -0.25) is 5.01 Å². The Labute approximate surface area is 88.6 Å². The van der Waals surface area contributed by atoms with Crippen LogP contribution in [0.4, 0.5) is 5.69 Å². The van der Waals surface area contributed by atoms with Gasteiger partial charge in [-0.15, -0.1) is 5.11 Å². The third-order valence-corrected chi connectivity index (χ3v) is 2.04. The van der Waals surface area contributed by atoms with E-state index in [0.29, 0.717) is 10.8 Å². The van der Waals surface area contributed by atoms with Gasteiger partial charge in [0.15, 0.2) is 5.15 Å². The van der Waals surface area contributed by atoms with Crippen molar-refractivity contribution in [3.63, 3.8) is 0 Å². The summed E-state index contributed by atoms with van der Waals surface area (Å²) in [4.78, 5) is 3.90. The SMILES string of the molecule is CCN(CC)N=Nc1cccnc1Cl. The highest BCUT2D eigenvalue weighted by atomic mass is 35.5. The molecule has 0 amide bonds. The van der Waals surface area contributed by atoms with Crippen LogP contribution >= 0.6 is 11.6 Å². The molecule has 0 spiro atoms. The molecule has 1 aromatic heterocycles. The Morgan fingerprint density at radius 2 is 2.14 bits per heavy atom. The summed E-state index contributed by atoms with van der Waals surface area (Å²) in [6.45, 7) is 5.70. The van der Waals surface area contributed by atoms with Gasteiger partial charge in [0.1, 0.15) is 5.69 Å². The van der Waals surface area contributed by atoms with E-state index in [0.717, 1.165) is 13.1 Å². The summed E-state index contributed by atoms with van der Waals surface area (Å²) in [6, 6.07) is 3.56. The third-order valence-electron chi connectivity index (χ3n) is 1.75. The maximum Gasteiger partial charge on any atom is 0.156 e. The summed E-state index contributed by atoms with van der Waals surface area (Å²) in [5.41, 5.74) is 0.598. The molecule has 0 saturated heterocycles. The van der Waals surface area contributed by atoms with Crippen molar-refractivity contribution >= 4 is 17.3 Å². The van der Waals surface area contributed by atoms with Crippen LogP contribution in [0.5, 0.6) is 0 Å². The van der Waals surface area contributed by atoms with Crippen LogP contribution in [0, 0.1) is 0 Å². The third kappa shape index (κ3) is 2.96. The van der Waals surface area contributed by atoms with Crippen LogP contribution < -0.4 is 0 Å². The molecule has 0 radical (unpaired) electrons. The fourth-order valence-corrected chi connectivity index (χ4v) is 1.07. The molecular weight excluding hydrogens is 200 g/mol. The van der Waals surface area contributed by atoms with Crippen LogP contribution in [0.15, 0.2) is 28.7 Å². The Kier molecular flexibility index (Phi) is 4.32. The zero-order valence-corrected chi connectivity index (χ0v) is 9.07. The summed E-state index contributed by atoms with van der Waals surface area (Å²) < 4.78 is 0. The maximum absolute atomic E-state index is 5.81. The molecule has 0 unspecified atom stereocenters. The van der Waals surface area contributed by atoms with Crippen LogP contribution in [0.2, 0.25) is 5.15 Å². The van der Waals surface area contributed by atoms with Crippen LogP contribution in [-0.4, -0.2) is 23.1 Å². The molecule has 14 heavy (non-hydrogen) atoms. The monoisotopic (exact) mass is 212 g/mol. The van der Waals surface area contributed by atoms with Gasteiger partial charge < -0.3 is 0 Å². The predicted molar refractivity (Wildman–Crippen MR) is 56.7 cm³/mol. The normalized spacial score (nSPS) is 10.8. The van der Waals surface area contributed by atoms with Crippen molar-refractivity contribution < 1.29 is 0 Å². The van der Waals surface area contributed by atoms with Crippen LogP contribution in [0.25, 0.3) is 0 Å². The number of pyridine rings is 1. The van der Waals surface area contributed by atoms with Crippen molar-refractivity contribution in [3.05, 3.63) is 23.5 Å². The van der Waals surface area contributed by atoms with Gasteiger partial charge in [0, 0.05) is 19.3 Å². The second-order valence-electron chi connectivity index (χ2n) is 2.64. The number of rotatable bonds is 4. The van der Waals surface area contributed by atoms with Crippen LogP contribution in [-0.2, 0) is 0 Å². The molecule has 0 aliphatic rings. The van der Waals surface area contributed by atoms with Crippen molar-refractivity contribution in [1.82, 2.24) is 9.99 Å². The highest BCUT2D eigenvalue weighted by Crippen LogP contribution is 2.21. The van der Waals surface area contributed by atoms with Gasteiger partial charge in [-0.05, 0) is 26.0 Å². The van der Waals surface area contributed by atoms with E-state index in [-0.39, 0.29) is 0 Å². The number of hydrogen-bond acceptors (Lipinski definition) is 3. The first-order valence-electron chi connectivity index (χ1n) is 4.55. The highest BCUT2D eigenvalue weighted by molar-refractivity contribution is 6.31. The van der Waals surface area contributed by atoms with Crippen molar-refractivity contribution in [2.75, 3.05) is 13.1 Å². The first-order valence-corrected chi connectivity index (χ1v) is 4.92. The van der Waals surface area contributed by atoms with E-state index in [1.165, 1.54) is 0 Å². The molecular formula is C9H13ClN4. The molecule has 0 saturated carbocycles. The van der Waals surface area contributed by atoms with Crippen molar-refractivity contribution in [3.8, 4) is 0 Å². The molecule has 0 atom stereocenters. The second kappa shape index (κ2) is 5.54. The molecule has 4 nitrogen and oxygen atoms in total. The fourth-order valence-electron chi connectivity index (χ4n) is 0.914. The summed E-state index contributed by atoms with van der Waals surface area (Å²) in [6.07, 6.45) is 1.62. The molecule has 1 rings (SSSR count). The molecule has 5 heteroatoms. The number of hydrogen-bond donors (Lipinski definition) is 0. The topological polar surface area (TPSA) is 40.9 Å². The predicted octanol–water partition coefficient (Wildman–Crippen LogP) is 3.08. The molecule has 1 aromatic rings. The van der Waals surface area contributed by atoms with E-state index in [1.807, 2.05) is 18.9 Å². The lowest BCUT2D eigenvalue weighted by Crippen LogP contribution is -2.14. The van der Waals surface area contributed by atoms with Crippen LogP contribution in [0.3, 0.4) is 0 Å². The lowest BCUT2D eigenvalue weighted by Gasteiger charge is -2.10. The van der Waals surface area contributed by atoms with Crippen molar-refractivity contribution in [2.45, 2.75) is 13.8 Å². The van der Waals surface area contributed by atoms with Gasteiger partial charge in [0.05, 0.1) is 0 Å². The van der Waals surface area contributed by atoms with Gasteiger partial charge in [0.25, 0.3) is 0 Å². The summed E-state index contributed by atoms with van der Waals surface area (Å²) >= 11 is 5.81. The molecule has 0 aliphatic heterocycles. The quantitative estimate of drug-likeness (QED) is 0.437.